The van der Waals surface area contributed by atoms with Gasteiger partial charge >= 0.3 is 5.76 Å². The summed E-state index contributed by atoms with van der Waals surface area (Å²) in [5.41, 5.74) is 1.82. The SMILES string of the molecule is Cn1cc(N2CCN(S(=O)(=O)c3ccc4c(c3)oc(=O)n4C)CC2)cn1. The highest BCUT2D eigenvalue weighted by Gasteiger charge is 2.29. The lowest BCUT2D eigenvalue weighted by Gasteiger charge is -2.34. The van der Waals surface area contributed by atoms with Crippen LogP contribution in [0.2, 0.25) is 0 Å². The molecule has 0 unspecified atom stereocenters. The van der Waals surface area contributed by atoms with Gasteiger partial charge in [0.25, 0.3) is 0 Å². The fourth-order valence-electron chi connectivity index (χ4n) is 3.18. The van der Waals surface area contributed by atoms with Crippen LogP contribution in [0.1, 0.15) is 0 Å². The number of oxazole rings is 1. The predicted molar refractivity (Wildman–Crippen MR) is 95.6 cm³/mol. The van der Waals surface area contributed by atoms with E-state index in [9.17, 15) is 13.2 Å². The van der Waals surface area contributed by atoms with E-state index in [1.165, 1.54) is 21.0 Å². The molecule has 1 aliphatic heterocycles. The highest BCUT2D eigenvalue weighted by Crippen LogP contribution is 2.23. The Morgan fingerprint density at radius 3 is 2.50 bits per heavy atom. The number of hydrogen-bond donors (Lipinski definition) is 0. The lowest BCUT2D eigenvalue weighted by Crippen LogP contribution is -2.48. The molecule has 0 atom stereocenters. The van der Waals surface area contributed by atoms with Gasteiger partial charge in [0.15, 0.2) is 5.58 Å². The molecule has 3 heterocycles. The first-order valence-electron chi connectivity index (χ1n) is 8.19. The number of aromatic nitrogens is 3. The molecule has 2 aromatic heterocycles. The van der Waals surface area contributed by atoms with Gasteiger partial charge in [0, 0.05) is 52.5 Å². The van der Waals surface area contributed by atoms with Gasteiger partial charge in [-0.3, -0.25) is 9.25 Å². The second-order valence-electron chi connectivity index (χ2n) is 6.32. The van der Waals surface area contributed by atoms with Crippen molar-refractivity contribution in [2.45, 2.75) is 4.90 Å². The molecule has 3 aromatic rings. The Balaban J connectivity index is 1.56. The van der Waals surface area contributed by atoms with Crippen molar-refractivity contribution in [2.75, 3.05) is 31.1 Å². The van der Waals surface area contributed by atoms with Crippen molar-refractivity contribution in [3.8, 4) is 0 Å². The molecule has 0 spiro atoms. The molecule has 138 valence electrons. The van der Waals surface area contributed by atoms with Crippen LogP contribution in [0.5, 0.6) is 0 Å². The van der Waals surface area contributed by atoms with Gasteiger partial charge in [-0.1, -0.05) is 0 Å². The van der Waals surface area contributed by atoms with E-state index < -0.39 is 15.8 Å². The van der Waals surface area contributed by atoms with E-state index in [0.717, 1.165) is 5.69 Å². The van der Waals surface area contributed by atoms with E-state index in [0.29, 0.717) is 31.7 Å². The molecule has 0 N–H and O–H groups in total. The van der Waals surface area contributed by atoms with Gasteiger partial charge in [0.1, 0.15) is 0 Å². The summed E-state index contributed by atoms with van der Waals surface area (Å²) in [6, 6.07) is 4.53. The summed E-state index contributed by atoms with van der Waals surface area (Å²) in [6.07, 6.45) is 3.69. The molecule has 9 nitrogen and oxygen atoms in total. The summed E-state index contributed by atoms with van der Waals surface area (Å²) in [6.45, 7) is 1.95. The Labute approximate surface area is 150 Å². The fourth-order valence-corrected chi connectivity index (χ4v) is 4.62. The van der Waals surface area contributed by atoms with Crippen molar-refractivity contribution in [3.05, 3.63) is 41.1 Å². The summed E-state index contributed by atoms with van der Waals surface area (Å²) in [5, 5.41) is 4.15. The van der Waals surface area contributed by atoms with Crippen molar-refractivity contribution in [1.82, 2.24) is 18.7 Å². The highest BCUT2D eigenvalue weighted by atomic mass is 32.2. The van der Waals surface area contributed by atoms with E-state index in [2.05, 4.69) is 10.00 Å². The monoisotopic (exact) mass is 377 g/mol. The molecular weight excluding hydrogens is 358 g/mol. The zero-order valence-electron chi connectivity index (χ0n) is 14.5. The van der Waals surface area contributed by atoms with E-state index in [-0.39, 0.29) is 10.5 Å². The topological polar surface area (TPSA) is 93.6 Å². The lowest BCUT2D eigenvalue weighted by molar-refractivity contribution is 0.385. The fraction of sp³-hybridized carbons (Fsp3) is 0.375. The Morgan fingerprint density at radius 1 is 1.12 bits per heavy atom. The minimum atomic E-state index is -3.64. The van der Waals surface area contributed by atoms with Crippen LogP contribution >= 0.6 is 0 Å². The summed E-state index contributed by atoms with van der Waals surface area (Å²) in [4.78, 5) is 13.8. The standard InChI is InChI=1S/C16H19N5O4S/c1-18-11-12(10-17-18)20-5-7-21(8-6-20)26(23,24)13-3-4-14-15(9-13)25-16(22)19(14)2/h3-4,9-11H,5-8H2,1-2H3. The van der Waals surface area contributed by atoms with Crippen LogP contribution in [0.3, 0.4) is 0 Å². The van der Waals surface area contributed by atoms with E-state index in [4.69, 9.17) is 4.42 Å². The first-order valence-corrected chi connectivity index (χ1v) is 9.63. The lowest BCUT2D eigenvalue weighted by atomic mass is 10.3. The average molecular weight is 377 g/mol. The number of benzene rings is 1. The Kier molecular flexibility index (Phi) is 3.88. The van der Waals surface area contributed by atoms with Gasteiger partial charge in [0.2, 0.25) is 10.0 Å². The maximum atomic E-state index is 12.9. The van der Waals surface area contributed by atoms with Crippen LogP contribution in [0, 0.1) is 0 Å². The zero-order valence-corrected chi connectivity index (χ0v) is 15.3. The molecule has 0 aliphatic carbocycles. The van der Waals surface area contributed by atoms with Crippen LogP contribution in [0.25, 0.3) is 11.1 Å². The molecule has 0 radical (unpaired) electrons. The minimum absolute atomic E-state index is 0.133. The second-order valence-corrected chi connectivity index (χ2v) is 8.26. The van der Waals surface area contributed by atoms with Crippen molar-refractivity contribution in [3.63, 3.8) is 0 Å². The number of sulfonamides is 1. The van der Waals surface area contributed by atoms with Gasteiger partial charge in [0.05, 0.1) is 22.3 Å². The quantitative estimate of drug-likeness (QED) is 0.655. The van der Waals surface area contributed by atoms with E-state index in [1.807, 2.05) is 13.2 Å². The van der Waals surface area contributed by atoms with Crippen molar-refractivity contribution < 1.29 is 12.8 Å². The molecular formula is C16H19N5O4S. The van der Waals surface area contributed by atoms with Gasteiger partial charge in [-0.15, -0.1) is 0 Å². The number of hydrogen-bond acceptors (Lipinski definition) is 6. The maximum absolute atomic E-state index is 12.9. The largest absolute Gasteiger partial charge is 0.419 e. The number of piperazine rings is 1. The normalized spacial score (nSPS) is 16.5. The van der Waals surface area contributed by atoms with Crippen LogP contribution in [0.4, 0.5) is 5.69 Å². The van der Waals surface area contributed by atoms with Crippen LogP contribution in [0.15, 0.2) is 44.7 Å². The average Bonchev–Trinajstić information content (AvgIpc) is 3.18. The van der Waals surface area contributed by atoms with E-state index in [1.54, 1.807) is 24.0 Å². The second kappa shape index (κ2) is 5.99. The van der Waals surface area contributed by atoms with Gasteiger partial charge in [-0.05, 0) is 12.1 Å². The summed E-state index contributed by atoms with van der Waals surface area (Å²) in [7, 11) is -0.210. The summed E-state index contributed by atoms with van der Waals surface area (Å²) < 4.78 is 35.5. The Bertz CT molecular complexity index is 1120. The number of rotatable bonds is 3. The molecule has 0 amide bonds. The van der Waals surface area contributed by atoms with Gasteiger partial charge in [-0.2, -0.15) is 9.40 Å². The summed E-state index contributed by atoms with van der Waals surface area (Å²) >= 11 is 0. The molecule has 0 saturated carbocycles. The van der Waals surface area contributed by atoms with Crippen LogP contribution < -0.4 is 10.7 Å². The van der Waals surface area contributed by atoms with Crippen LogP contribution in [-0.4, -0.2) is 53.2 Å². The first kappa shape index (κ1) is 16.9. The third-order valence-corrected chi connectivity index (χ3v) is 6.59. The third-order valence-electron chi connectivity index (χ3n) is 4.70. The Hall–Kier alpha value is -2.59. The van der Waals surface area contributed by atoms with Crippen molar-refractivity contribution in [1.29, 1.82) is 0 Å². The predicted octanol–water partition coefficient (Wildman–Crippen LogP) is 0.376. The van der Waals surface area contributed by atoms with Crippen LogP contribution in [-0.2, 0) is 24.1 Å². The summed E-state index contributed by atoms with van der Waals surface area (Å²) in [5.74, 6) is -0.514. The molecule has 0 bridgehead atoms. The van der Waals surface area contributed by atoms with Crippen molar-refractivity contribution in [2.24, 2.45) is 14.1 Å². The molecule has 1 aromatic carbocycles. The Morgan fingerprint density at radius 2 is 1.85 bits per heavy atom. The number of anilines is 1. The molecule has 10 heteroatoms. The maximum Gasteiger partial charge on any atom is 0.419 e. The van der Waals surface area contributed by atoms with E-state index >= 15 is 0 Å². The molecule has 1 aliphatic rings. The first-order chi connectivity index (χ1) is 12.4. The number of aryl methyl sites for hydroxylation is 2. The molecule has 26 heavy (non-hydrogen) atoms. The number of fused-ring (bicyclic) bond motifs is 1. The molecule has 1 fully saturated rings. The highest BCUT2D eigenvalue weighted by molar-refractivity contribution is 7.89. The minimum Gasteiger partial charge on any atom is -0.408 e. The molecule has 1 saturated heterocycles. The van der Waals surface area contributed by atoms with Crippen molar-refractivity contribution >= 4 is 26.8 Å². The third kappa shape index (κ3) is 2.71. The zero-order chi connectivity index (χ0) is 18.5. The van der Waals surface area contributed by atoms with Gasteiger partial charge in [-0.25, -0.2) is 13.2 Å². The molecule has 4 rings (SSSR count). The van der Waals surface area contributed by atoms with Gasteiger partial charge < -0.3 is 9.32 Å². The number of nitrogens with zero attached hydrogens (tertiary/aromatic N) is 5. The smallest absolute Gasteiger partial charge is 0.408 e.